The van der Waals surface area contributed by atoms with Crippen molar-refractivity contribution in [1.82, 2.24) is 9.97 Å². The van der Waals surface area contributed by atoms with Crippen molar-refractivity contribution in [3.05, 3.63) is 57.0 Å². The molecule has 8 heteroatoms. The number of pyridine rings is 2. The summed E-state index contributed by atoms with van der Waals surface area (Å²) in [4.78, 5) is 30.1. The molecule has 2 rings (SSSR count). The van der Waals surface area contributed by atoms with E-state index in [0.717, 1.165) is 5.56 Å². The number of anilines is 1. The van der Waals surface area contributed by atoms with Crippen molar-refractivity contribution in [3.63, 3.8) is 0 Å². The van der Waals surface area contributed by atoms with E-state index in [0.29, 0.717) is 5.69 Å². The highest BCUT2D eigenvalue weighted by Gasteiger charge is 2.18. The lowest BCUT2D eigenvalue weighted by Gasteiger charge is -2.06. The van der Waals surface area contributed by atoms with E-state index in [1.54, 1.807) is 12.3 Å². The molecule has 2 heterocycles. The van der Waals surface area contributed by atoms with Crippen molar-refractivity contribution in [2.75, 3.05) is 5.32 Å². The fraction of sp³-hybridized carbons (Fsp3) is 0.154. The molecule has 0 atom stereocenters. The summed E-state index contributed by atoms with van der Waals surface area (Å²) in [5, 5.41) is 13.3. The molecule has 0 fully saturated rings. The lowest BCUT2D eigenvalue weighted by atomic mass is 10.1. The van der Waals surface area contributed by atoms with E-state index < -0.39 is 10.8 Å². The fourth-order valence-electron chi connectivity index (χ4n) is 1.70. The summed E-state index contributed by atoms with van der Waals surface area (Å²) in [6, 6.07) is 6.07. The van der Waals surface area contributed by atoms with E-state index in [2.05, 4.69) is 15.3 Å². The number of hydrogen-bond acceptors (Lipinski definition) is 5. The van der Waals surface area contributed by atoms with Gasteiger partial charge in [0.05, 0.1) is 17.0 Å². The summed E-state index contributed by atoms with van der Waals surface area (Å²) >= 11 is 5.69. The number of amides is 1. The molecule has 0 spiro atoms. The smallest absolute Gasteiger partial charge is 0.305 e. The third-order valence-corrected chi connectivity index (χ3v) is 2.95. The quantitative estimate of drug-likeness (QED) is 0.531. The van der Waals surface area contributed by atoms with Crippen molar-refractivity contribution in [1.29, 1.82) is 0 Å². The van der Waals surface area contributed by atoms with Crippen LogP contribution in [0.1, 0.15) is 11.3 Å². The molecular weight excluding hydrogens is 296 g/mol. The molecule has 0 radical (unpaired) electrons. The highest BCUT2D eigenvalue weighted by molar-refractivity contribution is 6.29. The molecular formula is C13H11ClN4O3. The van der Waals surface area contributed by atoms with Gasteiger partial charge in [-0.25, -0.2) is 4.98 Å². The summed E-state index contributed by atoms with van der Waals surface area (Å²) in [6.45, 7) is 1.83. The Morgan fingerprint density at radius 3 is 2.86 bits per heavy atom. The number of hydrogen-bond donors (Lipinski definition) is 1. The Hall–Kier alpha value is -2.54. The van der Waals surface area contributed by atoms with Crippen molar-refractivity contribution in [3.8, 4) is 0 Å². The Balaban J connectivity index is 2.18. The monoisotopic (exact) mass is 306 g/mol. The lowest BCUT2D eigenvalue weighted by molar-refractivity contribution is -0.384. The van der Waals surface area contributed by atoms with E-state index in [1.165, 1.54) is 12.1 Å². The SMILES string of the molecule is Cc1cccnc1CC(=O)Nc1nc(Cl)ccc1[N+](=O)[O-]. The number of nitro groups is 1. The molecule has 0 aromatic carbocycles. The van der Waals surface area contributed by atoms with Gasteiger partial charge in [-0.05, 0) is 24.6 Å². The highest BCUT2D eigenvalue weighted by Crippen LogP contribution is 2.24. The van der Waals surface area contributed by atoms with Crippen LogP contribution in [-0.4, -0.2) is 20.8 Å². The molecule has 108 valence electrons. The molecule has 0 saturated carbocycles. The van der Waals surface area contributed by atoms with Crippen LogP contribution in [0, 0.1) is 17.0 Å². The second-order valence-corrected chi connectivity index (χ2v) is 4.64. The number of carbonyl (C=O) groups excluding carboxylic acids is 1. The molecule has 1 N–H and O–H groups in total. The molecule has 0 unspecified atom stereocenters. The first-order valence-corrected chi connectivity index (χ1v) is 6.36. The van der Waals surface area contributed by atoms with Gasteiger partial charge in [-0.15, -0.1) is 0 Å². The van der Waals surface area contributed by atoms with Crippen LogP contribution in [0.4, 0.5) is 11.5 Å². The van der Waals surface area contributed by atoms with Crippen molar-refractivity contribution in [2.45, 2.75) is 13.3 Å². The Bertz CT molecular complexity index is 706. The minimum atomic E-state index is -0.634. The van der Waals surface area contributed by atoms with Crippen molar-refractivity contribution >= 4 is 29.0 Å². The number of nitrogens with zero attached hydrogens (tertiary/aromatic N) is 3. The predicted molar refractivity (Wildman–Crippen MR) is 77.2 cm³/mol. The zero-order valence-corrected chi connectivity index (χ0v) is 11.8. The summed E-state index contributed by atoms with van der Waals surface area (Å²) < 4.78 is 0. The van der Waals surface area contributed by atoms with E-state index >= 15 is 0 Å². The number of carbonyl (C=O) groups is 1. The second kappa shape index (κ2) is 6.27. The van der Waals surface area contributed by atoms with Crippen LogP contribution >= 0.6 is 11.6 Å². The molecule has 0 saturated heterocycles. The number of rotatable bonds is 4. The molecule has 2 aromatic heterocycles. The Labute approximate surface area is 125 Å². The Morgan fingerprint density at radius 2 is 2.19 bits per heavy atom. The lowest BCUT2D eigenvalue weighted by Crippen LogP contribution is -2.17. The van der Waals surface area contributed by atoms with Crippen LogP contribution in [0.2, 0.25) is 5.15 Å². The van der Waals surface area contributed by atoms with Gasteiger partial charge in [0.15, 0.2) is 0 Å². The average Bonchev–Trinajstić information content (AvgIpc) is 2.41. The van der Waals surface area contributed by atoms with Gasteiger partial charge in [0, 0.05) is 12.3 Å². The predicted octanol–water partition coefficient (Wildman–Crippen LogP) is 2.53. The van der Waals surface area contributed by atoms with Gasteiger partial charge in [0.2, 0.25) is 11.7 Å². The van der Waals surface area contributed by atoms with Gasteiger partial charge in [-0.3, -0.25) is 19.9 Å². The van der Waals surface area contributed by atoms with E-state index in [9.17, 15) is 14.9 Å². The third kappa shape index (κ3) is 3.73. The van der Waals surface area contributed by atoms with Crippen LogP contribution in [0.3, 0.4) is 0 Å². The van der Waals surface area contributed by atoms with Gasteiger partial charge in [-0.2, -0.15) is 0 Å². The molecule has 0 aliphatic heterocycles. The zero-order chi connectivity index (χ0) is 15.4. The maximum absolute atomic E-state index is 12.0. The Kier molecular flexibility index (Phi) is 4.44. The first kappa shape index (κ1) is 14.9. The molecule has 0 aliphatic carbocycles. The maximum Gasteiger partial charge on any atom is 0.311 e. The normalized spacial score (nSPS) is 10.2. The zero-order valence-electron chi connectivity index (χ0n) is 11.0. The molecule has 0 bridgehead atoms. The van der Waals surface area contributed by atoms with Crippen molar-refractivity contribution < 1.29 is 9.72 Å². The third-order valence-electron chi connectivity index (χ3n) is 2.74. The number of aromatic nitrogens is 2. The molecule has 1 amide bonds. The summed E-state index contributed by atoms with van der Waals surface area (Å²) in [7, 11) is 0. The van der Waals surface area contributed by atoms with Crippen LogP contribution < -0.4 is 5.32 Å². The van der Waals surface area contributed by atoms with Crippen LogP contribution in [-0.2, 0) is 11.2 Å². The van der Waals surface area contributed by atoms with Gasteiger partial charge in [0.25, 0.3) is 0 Å². The summed E-state index contributed by atoms with van der Waals surface area (Å²) in [5.41, 5.74) is 1.14. The first-order chi connectivity index (χ1) is 9.97. The topological polar surface area (TPSA) is 98.0 Å². The summed E-state index contributed by atoms with van der Waals surface area (Å²) in [5.74, 6) is -0.624. The Morgan fingerprint density at radius 1 is 1.43 bits per heavy atom. The molecule has 2 aromatic rings. The highest BCUT2D eigenvalue weighted by atomic mass is 35.5. The first-order valence-electron chi connectivity index (χ1n) is 5.98. The van der Waals surface area contributed by atoms with E-state index in [-0.39, 0.29) is 23.1 Å². The number of halogens is 1. The van der Waals surface area contributed by atoms with Crippen LogP contribution in [0.25, 0.3) is 0 Å². The van der Waals surface area contributed by atoms with E-state index in [4.69, 9.17) is 11.6 Å². The van der Waals surface area contributed by atoms with Crippen LogP contribution in [0.15, 0.2) is 30.5 Å². The molecule has 21 heavy (non-hydrogen) atoms. The largest absolute Gasteiger partial charge is 0.311 e. The van der Waals surface area contributed by atoms with Gasteiger partial charge < -0.3 is 5.32 Å². The summed E-state index contributed by atoms with van der Waals surface area (Å²) in [6.07, 6.45) is 1.58. The molecule has 0 aliphatic rings. The van der Waals surface area contributed by atoms with Gasteiger partial charge in [0.1, 0.15) is 5.15 Å². The van der Waals surface area contributed by atoms with E-state index in [1.807, 2.05) is 13.0 Å². The minimum absolute atomic E-state index is 0.00196. The minimum Gasteiger partial charge on any atom is -0.305 e. The number of aryl methyl sites for hydroxylation is 1. The number of nitrogens with one attached hydrogen (secondary N) is 1. The van der Waals surface area contributed by atoms with Crippen LogP contribution in [0.5, 0.6) is 0 Å². The average molecular weight is 307 g/mol. The van der Waals surface area contributed by atoms with Gasteiger partial charge >= 0.3 is 5.69 Å². The maximum atomic E-state index is 12.0. The fourth-order valence-corrected chi connectivity index (χ4v) is 1.85. The van der Waals surface area contributed by atoms with Crippen molar-refractivity contribution in [2.24, 2.45) is 0 Å². The second-order valence-electron chi connectivity index (χ2n) is 4.25. The van der Waals surface area contributed by atoms with Gasteiger partial charge in [-0.1, -0.05) is 17.7 Å². The standard InChI is InChI=1S/C13H11ClN4O3/c1-8-3-2-6-15-9(8)7-12(19)17-13-10(18(20)21)4-5-11(14)16-13/h2-6H,7H2,1H3,(H,16,17,19). The molecule has 7 nitrogen and oxygen atoms in total.